The van der Waals surface area contributed by atoms with Crippen molar-refractivity contribution in [1.29, 1.82) is 0 Å². The molecule has 1 saturated carbocycles. The lowest BCUT2D eigenvalue weighted by Crippen LogP contribution is -2.33. The van der Waals surface area contributed by atoms with Crippen LogP contribution in [0.5, 0.6) is 0 Å². The zero-order chi connectivity index (χ0) is 14.1. The molecule has 2 aromatic rings. The summed E-state index contributed by atoms with van der Waals surface area (Å²) in [5.74, 6) is 1.19. The van der Waals surface area contributed by atoms with Crippen molar-refractivity contribution in [2.75, 3.05) is 6.54 Å². The minimum absolute atomic E-state index is 0.773. The Kier molecular flexibility index (Phi) is 3.49. The van der Waals surface area contributed by atoms with Gasteiger partial charge in [0.15, 0.2) is 0 Å². The summed E-state index contributed by atoms with van der Waals surface area (Å²) in [6.07, 6.45) is 6.68. The van der Waals surface area contributed by atoms with E-state index in [-0.39, 0.29) is 0 Å². The lowest BCUT2D eigenvalue weighted by Gasteiger charge is -2.27. The molecule has 4 heteroatoms. The Morgan fingerprint density at radius 1 is 1.19 bits per heavy atom. The normalized spacial score (nSPS) is 18.7. The summed E-state index contributed by atoms with van der Waals surface area (Å²) >= 11 is 0. The van der Waals surface area contributed by atoms with Gasteiger partial charge in [0.1, 0.15) is 5.82 Å². The van der Waals surface area contributed by atoms with Gasteiger partial charge in [-0.1, -0.05) is 24.3 Å². The molecule has 0 radical (unpaired) electrons. The fraction of sp³-hybridized carbons (Fsp3) is 0.471. The Labute approximate surface area is 125 Å². The van der Waals surface area contributed by atoms with Gasteiger partial charge in [-0.15, -0.1) is 0 Å². The molecule has 0 atom stereocenters. The van der Waals surface area contributed by atoms with Crippen LogP contribution in [0, 0.1) is 0 Å². The summed E-state index contributed by atoms with van der Waals surface area (Å²) in [7, 11) is 0. The molecular formula is C17H22N4. The fourth-order valence-electron chi connectivity index (χ4n) is 3.00. The van der Waals surface area contributed by atoms with E-state index in [0.717, 1.165) is 38.8 Å². The topological polar surface area (TPSA) is 33.1 Å². The zero-order valence-electron chi connectivity index (χ0n) is 12.3. The third-order valence-corrected chi connectivity index (χ3v) is 4.39. The summed E-state index contributed by atoms with van der Waals surface area (Å²) in [5, 5.41) is 3.59. The Hall–Kier alpha value is -1.65. The maximum atomic E-state index is 4.43. The summed E-state index contributed by atoms with van der Waals surface area (Å²) < 4.78 is 2.26. The number of fused-ring (bicyclic) bond motifs is 1. The van der Waals surface area contributed by atoms with Crippen LogP contribution < -0.4 is 5.32 Å². The Morgan fingerprint density at radius 3 is 3.00 bits per heavy atom. The van der Waals surface area contributed by atoms with Crippen LogP contribution >= 0.6 is 0 Å². The van der Waals surface area contributed by atoms with E-state index in [1.807, 2.05) is 6.20 Å². The lowest BCUT2D eigenvalue weighted by molar-refractivity contribution is 0.209. The molecule has 1 aliphatic carbocycles. The molecule has 2 aliphatic rings. The Balaban J connectivity index is 1.39. The molecule has 21 heavy (non-hydrogen) atoms. The van der Waals surface area contributed by atoms with Crippen LogP contribution in [0.3, 0.4) is 0 Å². The summed E-state index contributed by atoms with van der Waals surface area (Å²) in [6.45, 7) is 5.14. The highest BCUT2D eigenvalue weighted by molar-refractivity contribution is 5.23. The first-order valence-corrected chi connectivity index (χ1v) is 7.90. The molecule has 4 rings (SSSR count). The second-order valence-electron chi connectivity index (χ2n) is 6.22. The number of rotatable bonds is 5. The van der Waals surface area contributed by atoms with E-state index in [9.17, 15) is 0 Å². The molecule has 0 spiro atoms. The number of benzene rings is 1. The van der Waals surface area contributed by atoms with Gasteiger partial charge < -0.3 is 9.88 Å². The van der Waals surface area contributed by atoms with Crippen molar-refractivity contribution in [1.82, 2.24) is 19.8 Å². The van der Waals surface area contributed by atoms with Gasteiger partial charge in [0.05, 0.1) is 6.54 Å². The molecule has 1 aromatic carbocycles. The van der Waals surface area contributed by atoms with Gasteiger partial charge in [0, 0.05) is 44.6 Å². The predicted octanol–water partition coefficient (Wildman–Crippen LogP) is 2.15. The summed E-state index contributed by atoms with van der Waals surface area (Å²) in [6, 6.07) is 9.76. The van der Waals surface area contributed by atoms with Crippen molar-refractivity contribution in [3.8, 4) is 0 Å². The van der Waals surface area contributed by atoms with Crippen LogP contribution in [-0.4, -0.2) is 27.0 Å². The van der Waals surface area contributed by atoms with Gasteiger partial charge in [-0.2, -0.15) is 0 Å². The van der Waals surface area contributed by atoms with Gasteiger partial charge >= 0.3 is 0 Å². The van der Waals surface area contributed by atoms with E-state index in [1.54, 1.807) is 0 Å². The number of imidazole rings is 1. The van der Waals surface area contributed by atoms with Crippen LogP contribution in [0.15, 0.2) is 36.7 Å². The Bertz CT molecular complexity index is 615. The fourth-order valence-corrected chi connectivity index (χ4v) is 3.00. The van der Waals surface area contributed by atoms with Crippen LogP contribution in [0.1, 0.15) is 29.8 Å². The van der Waals surface area contributed by atoms with E-state index in [1.165, 1.54) is 29.8 Å². The molecular weight excluding hydrogens is 260 g/mol. The average Bonchev–Trinajstić information content (AvgIpc) is 3.22. The molecule has 0 amide bonds. The van der Waals surface area contributed by atoms with Crippen LogP contribution in [0.25, 0.3) is 0 Å². The lowest BCUT2D eigenvalue weighted by atomic mass is 10.1. The molecule has 4 nitrogen and oxygen atoms in total. The maximum absolute atomic E-state index is 4.43. The second-order valence-corrected chi connectivity index (χ2v) is 6.22. The molecule has 0 bridgehead atoms. The zero-order valence-corrected chi connectivity index (χ0v) is 12.3. The SMILES string of the molecule is c1cc(CNC2CC2)cc(CN2CCn3ccnc3C2)c1. The van der Waals surface area contributed by atoms with E-state index in [0.29, 0.717) is 0 Å². The molecule has 2 heterocycles. The van der Waals surface area contributed by atoms with Crippen molar-refractivity contribution in [2.24, 2.45) is 0 Å². The van der Waals surface area contributed by atoms with E-state index in [2.05, 4.69) is 50.2 Å². The standard InChI is InChI=1S/C17H22N4/c1-2-14(11-19-16-4-5-16)10-15(3-1)12-20-8-9-21-7-6-18-17(21)13-20/h1-3,6-7,10,16,19H,4-5,8-9,11-13H2. The number of hydrogen-bond donors (Lipinski definition) is 1. The minimum Gasteiger partial charge on any atom is -0.333 e. The molecule has 1 aliphatic heterocycles. The largest absolute Gasteiger partial charge is 0.333 e. The Morgan fingerprint density at radius 2 is 2.10 bits per heavy atom. The molecule has 1 aromatic heterocycles. The molecule has 1 fully saturated rings. The maximum Gasteiger partial charge on any atom is 0.122 e. The molecule has 110 valence electrons. The highest BCUT2D eigenvalue weighted by atomic mass is 15.2. The molecule has 0 unspecified atom stereocenters. The highest BCUT2D eigenvalue weighted by Crippen LogP contribution is 2.20. The van der Waals surface area contributed by atoms with Crippen LogP contribution in [0.2, 0.25) is 0 Å². The van der Waals surface area contributed by atoms with Crippen LogP contribution in [0.4, 0.5) is 0 Å². The van der Waals surface area contributed by atoms with Crippen molar-refractivity contribution in [2.45, 2.75) is 45.1 Å². The predicted molar refractivity (Wildman–Crippen MR) is 82.6 cm³/mol. The van der Waals surface area contributed by atoms with Gasteiger partial charge in [-0.25, -0.2) is 4.98 Å². The van der Waals surface area contributed by atoms with Crippen molar-refractivity contribution in [3.63, 3.8) is 0 Å². The van der Waals surface area contributed by atoms with Crippen molar-refractivity contribution < 1.29 is 0 Å². The van der Waals surface area contributed by atoms with E-state index >= 15 is 0 Å². The smallest absolute Gasteiger partial charge is 0.122 e. The number of nitrogens with zero attached hydrogens (tertiary/aromatic N) is 3. The van der Waals surface area contributed by atoms with Gasteiger partial charge in [-0.05, 0) is 24.0 Å². The second kappa shape index (κ2) is 5.62. The third-order valence-electron chi connectivity index (χ3n) is 4.39. The first-order valence-electron chi connectivity index (χ1n) is 7.90. The quantitative estimate of drug-likeness (QED) is 0.912. The van der Waals surface area contributed by atoms with E-state index < -0.39 is 0 Å². The third kappa shape index (κ3) is 3.17. The number of aromatic nitrogens is 2. The first kappa shape index (κ1) is 13.0. The van der Waals surface area contributed by atoms with Crippen molar-refractivity contribution in [3.05, 3.63) is 53.6 Å². The van der Waals surface area contributed by atoms with Gasteiger partial charge in [0.25, 0.3) is 0 Å². The van der Waals surface area contributed by atoms with Gasteiger partial charge in [-0.3, -0.25) is 4.90 Å². The van der Waals surface area contributed by atoms with Crippen LogP contribution in [-0.2, 0) is 26.2 Å². The highest BCUT2D eigenvalue weighted by Gasteiger charge is 2.20. The minimum atomic E-state index is 0.773. The first-order chi connectivity index (χ1) is 10.4. The average molecular weight is 282 g/mol. The molecule has 0 saturated heterocycles. The summed E-state index contributed by atoms with van der Waals surface area (Å²) in [4.78, 5) is 6.92. The van der Waals surface area contributed by atoms with E-state index in [4.69, 9.17) is 0 Å². The monoisotopic (exact) mass is 282 g/mol. The summed E-state index contributed by atoms with van der Waals surface area (Å²) in [5.41, 5.74) is 2.81. The number of hydrogen-bond acceptors (Lipinski definition) is 3. The number of nitrogens with one attached hydrogen (secondary N) is 1. The van der Waals surface area contributed by atoms with Gasteiger partial charge in [0.2, 0.25) is 0 Å². The van der Waals surface area contributed by atoms with Crippen molar-refractivity contribution >= 4 is 0 Å². The molecule has 1 N–H and O–H groups in total.